The molecule has 0 saturated carbocycles. The first-order valence-electron chi connectivity index (χ1n) is 7.64. The summed E-state index contributed by atoms with van der Waals surface area (Å²) in [7, 11) is 2.01. The van der Waals surface area contributed by atoms with Crippen LogP contribution in [0, 0.1) is 0 Å². The van der Waals surface area contributed by atoms with E-state index in [1.54, 1.807) is 5.57 Å². The van der Waals surface area contributed by atoms with Gasteiger partial charge in [0.05, 0.1) is 11.2 Å². The van der Waals surface area contributed by atoms with Crippen LogP contribution in [0.1, 0.15) is 37.8 Å². The largest absolute Gasteiger partial charge is 0.311 e. The van der Waals surface area contributed by atoms with E-state index in [0.717, 1.165) is 18.8 Å². The number of aryl methyl sites for hydroxylation is 1. The van der Waals surface area contributed by atoms with Crippen LogP contribution in [-0.4, -0.2) is 16.3 Å². The normalized spacial score (nSPS) is 15.6. The second-order valence-corrected chi connectivity index (χ2v) is 5.62. The lowest BCUT2D eigenvalue weighted by Gasteiger charge is -2.12. The molecule has 0 amide bonds. The van der Waals surface area contributed by atoms with E-state index in [4.69, 9.17) is 0 Å². The highest BCUT2D eigenvalue weighted by Gasteiger charge is 2.07. The molecule has 1 aliphatic carbocycles. The molecule has 0 fully saturated rings. The third kappa shape index (κ3) is 2.93. The predicted octanol–water partition coefficient (Wildman–Crippen LogP) is 3.55. The summed E-state index contributed by atoms with van der Waals surface area (Å²) in [6.45, 7) is 1.91. The van der Waals surface area contributed by atoms with Crippen LogP contribution in [0.4, 0.5) is 0 Å². The van der Waals surface area contributed by atoms with E-state index in [9.17, 15) is 0 Å². The summed E-state index contributed by atoms with van der Waals surface area (Å²) in [4.78, 5) is 0. The zero-order valence-corrected chi connectivity index (χ0v) is 12.2. The van der Waals surface area contributed by atoms with Crippen LogP contribution in [0.3, 0.4) is 0 Å². The molecule has 20 heavy (non-hydrogen) atoms. The Kier molecular flexibility index (Phi) is 4.16. The van der Waals surface area contributed by atoms with Gasteiger partial charge in [-0.15, -0.1) is 0 Å². The van der Waals surface area contributed by atoms with Gasteiger partial charge in [0.15, 0.2) is 0 Å². The third-order valence-electron chi connectivity index (χ3n) is 4.13. The maximum Gasteiger partial charge on any atom is 0.0841 e. The van der Waals surface area contributed by atoms with Crippen LogP contribution in [0.15, 0.2) is 35.9 Å². The van der Waals surface area contributed by atoms with Crippen LogP contribution in [-0.2, 0) is 13.6 Å². The Bertz CT molecular complexity index is 610. The summed E-state index contributed by atoms with van der Waals surface area (Å²) < 4.78 is 1.97. The molecule has 3 heteroatoms. The molecule has 0 spiro atoms. The number of benzene rings is 1. The maximum atomic E-state index is 4.61. The second-order valence-electron chi connectivity index (χ2n) is 5.62. The standard InChI is InChI=1S/C17H23N3/c1-20-17-10-6-5-9-15(17)16(19-20)13-18-12-11-14-7-3-2-4-8-14/h5-7,9-10,18H,2-4,8,11-13H2,1H3. The molecule has 3 nitrogen and oxygen atoms in total. The van der Waals surface area contributed by atoms with Gasteiger partial charge in [0, 0.05) is 19.0 Å². The summed E-state index contributed by atoms with van der Waals surface area (Å²) in [6, 6.07) is 8.43. The highest BCUT2D eigenvalue weighted by Crippen LogP contribution is 2.20. The summed E-state index contributed by atoms with van der Waals surface area (Å²) in [5.74, 6) is 0. The highest BCUT2D eigenvalue weighted by molar-refractivity contribution is 5.81. The molecule has 1 N–H and O–H groups in total. The highest BCUT2D eigenvalue weighted by atomic mass is 15.3. The SMILES string of the molecule is Cn1nc(CNCCC2=CCCCC2)c2ccccc21. The van der Waals surface area contributed by atoms with Gasteiger partial charge < -0.3 is 5.32 Å². The van der Waals surface area contributed by atoms with Crippen LogP contribution < -0.4 is 5.32 Å². The van der Waals surface area contributed by atoms with Crippen molar-refractivity contribution in [3.63, 3.8) is 0 Å². The lowest BCUT2D eigenvalue weighted by atomic mass is 9.97. The number of hydrogen-bond acceptors (Lipinski definition) is 2. The lowest BCUT2D eigenvalue weighted by molar-refractivity contribution is 0.622. The first-order valence-corrected chi connectivity index (χ1v) is 7.64. The first kappa shape index (κ1) is 13.4. The van der Waals surface area contributed by atoms with Crippen molar-refractivity contribution in [3.05, 3.63) is 41.6 Å². The molecular weight excluding hydrogens is 246 g/mol. The van der Waals surface area contributed by atoms with Gasteiger partial charge in [-0.05, 0) is 44.7 Å². The monoisotopic (exact) mass is 269 g/mol. The van der Waals surface area contributed by atoms with Crippen LogP contribution >= 0.6 is 0 Å². The number of rotatable bonds is 5. The molecule has 0 radical (unpaired) electrons. The van der Waals surface area contributed by atoms with E-state index in [-0.39, 0.29) is 0 Å². The van der Waals surface area contributed by atoms with Crippen molar-refractivity contribution < 1.29 is 0 Å². The van der Waals surface area contributed by atoms with Crippen molar-refractivity contribution in [2.24, 2.45) is 7.05 Å². The van der Waals surface area contributed by atoms with Gasteiger partial charge in [-0.2, -0.15) is 5.10 Å². The minimum atomic E-state index is 0.856. The van der Waals surface area contributed by atoms with Crippen molar-refractivity contribution >= 4 is 10.9 Å². The number of allylic oxidation sites excluding steroid dienone is 1. The molecule has 0 saturated heterocycles. The zero-order valence-electron chi connectivity index (χ0n) is 12.2. The Balaban J connectivity index is 1.56. The Morgan fingerprint density at radius 3 is 3.00 bits per heavy atom. The molecule has 1 aromatic heterocycles. The quantitative estimate of drug-likeness (QED) is 0.664. The van der Waals surface area contributed by atoms with Crippen molar-refractivity contribution in [1.82, 2.24) is 15.1 Å². The molecule has 1 aliphatic rings. The molecule has 0 bridgehead atoms. The number of aromatic nitrogens is 2. The molecule has 0 aliphatic heterocycles. The number of fused-ring (bicyclic) bond motifs is 1. The van der Waals surface area contributed by atoms with Crippen LogP contribution in [0.25, 0.3) is 10.9 Å². The van der Waals surface area contributed by atoms with E-state index in [2.05, 4.69) is 40.8 Å². The fourth-order valence-electron chi connectivity index (χ4n) is 3.01. The second kappa shape index (κ2) is 6.23. The average Bonchev–Trinajstić information content (AvgIpc) is 2.82. The van der Waals surface area contributed by atoms with Crippen molar-refractivity contribution in [3.8, 4) is 0 Å². The fraction of sp³-hybridized carbons (Fsp3) is 0.471. The van der Waals surface area contributed by atoms with Crippen molar-refractivity contribution in [2.75, 3.05) is 6.54 Å². The Morgan fingerprint density at radius 2 is 2.15 bits per heavy atom. The van der Waals surface area contributed by atoms with E-state index in [1.165, 1.54) is 43.0 Å². The van der Waals surface area contributed by atoms with Crippen molar-refractivity contribution in [1.29, 1.82) is 0 Å². The predicted molar refractivity (Wildman–Crippen MR) is 83.6 cm³/mol. The van der Waals surface area contributed by atoms with Gasteiger partial charge in [0.2, 0.25) is 0 Å². The van der Waals surface area contributed by atoms with E-state index < -0.39 is 0 Å². The van der Waals surface area contributed by atoms with Crippen LogP contribution in [0.2, 0.25) is 0 Å². The molecule has 3 rings (SSSR count). The van der Waals surface area contributed by atoms with Gasteiger partial charge in [-0.3, -0.25) is 4.68 Å². The zero-order chi connectivity index (χ0) is 13.8. The summed E-state index contributed by atoms with van der Waals surface area (Å²) >= 11 is 0. The topological polar surface area (TPSA) is 29.9 Å². The number of nitrogens with zero attached hydrogens (tertiary/aromatic N) is 2. The Hall–Kier alpha value is -1.61. The smallest absolute Gasteiger partial charge is 0.0841 e. The fourth-order valence-corrected chi connectivity index (χ4v) is 3.01. The third-order valence-corrected chi connectivity index (χ3v) is 4.13. The molecular formula is C17H23N3. The Morgan fingerprint density at radius 1 is 1.25 bits per heavy atom. The summed E-state index contributed by atoms with van der Waals surface area (Å²) in [5.41, 5.74) is 4.00. The number of para-hydroxylation sites is 1. The maximum absolute atomic E-state index is 4.61. The summed E-state index contributed by atoms with van der Waals surface area (Å²) in [5, 5.41) is 9.41. The minimum absolute atomic E-state index is 0.856. The summed E-state index contributed by atoms with van der Waals surface area (Å²) in [6.07, 6.45) is 8.94. The molecule has 1 heterocycles. The number of hydrogen-bond donors (Lipinski definition) is 1. The van der Waals surface area contributed by atoms with Crippen LogP contribution in [0.5, 0.6) is 0 Å². The average molecular weight is 269 g/mol. The molecule has 106 valence electrons. The Labute approximate surface area is 120 Å². The molecule has 0 atom stereocenters. The van der Waals surface area contributed by atoms with Gasteiger partial charge in [-0.1, -0.05) is 29.8 Å². The van der Waals surface area contributed by atoms with Gasteiger partial charge >= 0.3 is 0 Å². The number of nitrogens with one attached hydrogen (secondary N) is 1. The van der Waals surface area contributed by atoms with Gasteiger partial charge in [0.25, 0.3) is 0 Å². The van der Waals surface area contributed by atoms with Gasteiger partial charge in [-0.25, -0.2) is 0 Å². The lowest BCUT2D eigenvalue weighted by Crippen LogP contribution is -2.16. The van der Waals surface area contributed by atoms with E-state index in [1.807, 2.05) is 11.7 Å². The molecule has 2 aromatic rings. The minimum Gasteiger partial charge on any atom is -0.311 e. The molecule has 0 unspecified atom stereocenters. The molecule has 1 aromatic carbocycles. The first-order chi connectivity index (χ1) is 9.84. The van der Waals surface area contributed by atoms with E-state index in [0.29, 0.717) is 0 Å². The van der Waals surface area contributed by atoms with E-state index >= 15 is 0 Å². The van der Waals surface area contributed by atoms with Gasteiger partial charge in [0.1, 0.15) is 0 Å². The van der Waals surface area contributed by atoms with Crippen molar-refractivity contribution in [2.45, 2.75) is 38.6 Å².